The minimum absolute atomic E-state index is 0.123. The number of nitrogens with zero attached hydrogens (tertiary/aromatic N) is 1. The number of amides is 4. The Balaban J connectivity index is 1.54. The summed E-state index contributed by atoms with van der Waals surface area (Å²) in [4.78, 5) is 50.9. The van der Waals surface area contributed by atoms with E-state index in [0.717, 1.165) is 25.7 Å². The number of hydrogen-bond acceptors (Lipinski definition) is 5. The van der Waals surface area contributed by atoms with Crippen LogP contribution in [0.3, 0.4) is 0 Å². The summed E-state index contributed by atoms with van der Waals surface area (Å²) in [6.07, 6.45) is 1.43. The second-order valence-electron chi connectivity index (χ2n) is 8.42. The lowest BCUT2D eigenvalue weighted by atomic mass is 9.99. The SMILES string of the molecule is O=C1NC(=O)N(c2ccc(Br)cc2)C(=O)/C1=C/c1c(OCc2ccc(C(=O)O)cc2)ccc2ccccc12. The summed E-state index contributed by atoms with van der Waals surface area (Å²) in [5, 5.41) is 13.0. The van der Waals surface area contributed by atoms with Crippen molar-refractivity contribution in [3.63, 3.8) is 0 Å². The molecule has 4 amide bonds. The quantitative estimate of drug-likeness (QED) is 0.232. The van der Waals surface area contributed by atoms with Crippen LogP contribution >= 0.6 is 15.9 Å². The van der Waals surface area contributed by atoms with Crippen LogP contribution in [-0.4, -0.2) is 28.9 Å². The fourth-order valence-corrected chi connectivity index (χ4v) is 4.35. The van der Waals surface area contributed by atoms with Crippen LogP contribution in [-0.2, 0) is 16.2 Å². The van der Waals surface area contributed by atoms with Gasteiger partial charge in [-0.2, -0.15) is 0 Å². The van der Waals surface area contributed by atoms with Crippen molar-refractivity contribution < 1.29 is 29.0 Å². The molecule has 1 heterocycles. The standard InChI is InChI=1S/C29H19BrN2O6/c30-20-10-12-21(13-11-20)32-27(34)24(26(33)31-29(32)37)15-23-22-4-2-1-3-18(22)9-14-25(23)38-16-17-5-7-19(8-6-17)28(35)36/h1-15H,16H2,(H,35,36)(H,31,33,37)/b24-15+. The third-order valence-electron chi connectivity index (χ3n) is 6.00. The normalized spacial score (nSPS) is 14.6. The van der Waals surface area contributed by atoms with Gasteiger partial charge in [0, 0.05) is 10.0 Å². The fourth-order valence-electron chi connectivity index (χ4n) is 4.08. The number of nitrogens with one attached hydrogen (secondary N) is 1. The number of ether oxygens (including phenoxy) is 1. The zero-order chi connectivity index (χ0) is 26.8. The topological polar surface area (TPSA) is 113 Å². The molecule has 0 saturated carbocycles. The minimum Gasteiger partial charge on any atom is -0.488 e. The lowest BCUT2D eigenvalue weighted by molar-refractivity contribution is -0.122. The van der Waals surface area contributed by atoms with Crippen LogP contribution in [0.2, 0.25) is 0 Å². The average Bonchev–Trinajstić information content (AvgIpc) is 2.91. The largest absolute Gasteiger partial charge is 0.488 e. The van der Waals surface area contributed by atoms with Gasteiger partial charge in [0.05, 0.1) is 11.3 Å². The van der Waals surface area contributed by atoms with E-state index in [1.807, 2.05) is 30.3 Å². The third kappa shape index (κ3) is 4.91. The number of carboxylic acid groups (broad SMARTS) is 1. The molecule has 9 heteroatoms. The Bertz CT molecular complexity index is 1630. The number of rotatable bonds is 6. The fraction of sp³-hybridized carbons (Fsp3) is 0.0345. The van der Waals surface area contributed by atoms with Crippen LogP contribution in [0.25, 0.3) is 16.8 Å². The maximum absolute atomic E-state index is 13.4. The molecule has 8 nitrogen and oxygen atoms in total. The van der Waals surface area contributed by atoms with E-state index < -0.39 is 23.8 Å². The summed E-state index contributed by atoms with van der Waals surface area (Å²) in [7, 11) is 0. The molecule has 5 rings (SSSR count). The number of fused-ring (bicyclic) bond motifs is 1. The first kappa shape index (κ1) is 24.9. The number of barbiturate groups is 1. The van der Waals surface area contributed by atoms with Gasteiger partial charge in [-0.15, -0.1) is 0 Å². The van der Waals surface area contributed by atoms with Crippen LogP contribution < -0.4 is 15.0 Å². The number of urea groups is 1. The zero-order valence-corrected chi connectivity index (χ0v) is 21.3. The first-order chi connectivity index (χ1) is 18.3. The molecule has 0 aromatic heterocycles. The monoisotopic (exact) mass is 570 g/mol. The molecule has 0 bridgehead atoms. The van der Waals surface area contributed by atoms with Crippen molar-refractivity contribution in [2.24, 2.45) is 0 Å². The Labute approximate surface area is 225 Å². The molecule has 0 spiro atoms. The van der Waals surface area contributed by atoms with Gasteiger partial charge in [-0.1, -0.05) is 58.4 Å². The average molecular weight is 571 g/mol. The number of imide groups is 2. The smallest absolute Gasteiger partial charge is 0.335 e. The Morgan fingerprint density at radius 2 is 1.63 bits per heavy atom. The number of hydrogen-bond donors (Lipinski definition) is 2. The molecule has 1 aliphatic rings. The van der Waals surface area contributed by atoms with E-state index in [2.05, 4.69) is 21.2 Å². The van der Waals surface area contributed by atoms with Gasteiger partial charge in [0.25, 0.3) is 11.8 Å². The predicted octanol–water partition coefficient (Wildman–Crippen LogP) is 5.55. The van der Waals surface area contributed by atoms with Gasteiger partial charge in [-0.05, 0) is 64.9 Å². The third-order valence-corrected chi connectivity index (χ3v) is 6.53. The number of carbonyl (C=O) groups excluding carboxylic acids is 3. The molecular weight excluding hydrogens is 552 g/mol. The van der Waals surface area contributed by atoms with Crippen LogP contribution in [0.15, 0.2) is 95.0 Å². The second kappa shape index (κ2) is 10.3. The molecular formula is C29H19BrN2O6. The van der Waals surface area contributed by atoms with Crippen molar-refractivity contribution in [3.05, 3.63) is 112 Å². The molecule has 1 fully saturated rings. The van der Waals surface area contributed by atoms with Crippen molar-refractivity contribution in [1.82, 2.24) is 5.32 Å². The van der Waals surface area contributed by atoms with E-state index >= 15 is 0 Å². The van der Waals surface area contributed by atoms with Gasteiger partial charge in [0.15, 0.2) is 0 Å². The highest BCUT2D eigenvalue weighted by molar-refractivity contribution is 9.10. The molecule has 1 aliphatic heterocycles. The van der Waals surface area contributed by atoms with Crippen LogP contribution in [0.5, 0.6) is 5.75 Å². The first-order valence-corrected chi connectivity index (χ1v) is 12.2. The van der Waals surface area contributed by atoms with E-state index in [1.165, 1.54) is 18.2 Å². The van der Waals surface area contributed by atoms with Crippen molar-refractivity contribution in [1.29, 1.82) is 0 Å². The summed E-state index contributed by atoms with van der Waals surface area (Å²) in [6, 6.07) is 23.1. The van der Waals surface area contributed by atoms with Crippen LogP contribution in [0, 0.1) is 0 Å². The molecule has 0 atom stereocenters. The highest BCUT2D eigenvalue weighted by Crippen LogP contribution is 2.32. The Morgan fingerprint density at radius 1 is 0.921 bits per heavy atom. The number of carbonyl (C=O) groups is 4. The van der Waals surface area contributed by atoms with Gasteiger partial charge < -0.3 is 9.84 Å². The molecule has 2 N–H and O–H groups in total. The molecule has 0 aliphatic carbocycles. The van der Waals surface area contributed by atoms with Crippen molar-refractivity contribution in [3.8, 4) is 5.75 Å². The summed E-state index contributed by atoms with van der Waals surface area (Å²) >= 11 is 3.33. The molecule has 1 saturated heterocycles. The highest BCUT2D eigenvalue weighted by Gasteiger charge is 2.37. The summed E-state index contributed by atoms with van der Waals surface area (Å²) in [6.45, 7) is 0.123. The van der Waals surface area contributed by atoms with E-state index in [-0.39, 0.29) is 17.7 Å². The first-order valence-electron chi connectivity index (χ1n) is 11.5. The number of carboxylic acids is 1. The lowest BCUT2D eigenvalue weighted by Gasteiger charge is -2.26. The molecule has 38 heavy (non-hydrogen) atoms. The van der Waals surface area contributed by atoms with Crippen molar-refractivity contribution >= 4 is 62.3 Å². The van der Waals surface area contributed by atoms with Crippen molar-refractivity contribution in [2.75, 3.05) is 4.90 Å². The van der Waals surface area contributed by atoms with Gasteiger partial charge in [-0.25, -0.2) is 14.5 Å². The molecule has 188 valence electrons. The second-order valence-corrected chi connectivity index (χ2v) is 9.34. The summed E-state index contributed by atoms with van der Waals surface area (Å²) in [5.41, 5.74) is 1.48. The molecule has 4 aromatic rings. The maximum Gasteiger partial charge on any atom is 0.335 e. The van der Waals surface area contributed by atoms with Gasteiger partial charge in [-0.3, -0.25) is 14.9 Å². The Hall–Kier alpha value is -4.76. The Morgan fingerprint density at radius 3 is 2.34 bits per heavy atom. The number of halogens is 1. The molecule has 0 unspecified atom stereocenters. The van der Waals surface area contributed by atoms with E-state index in [4.69, 9.17) is 9.84 Å². The van der Waals surface area contributed by atoms with Gasteiger partial charge in [0.2, 0.25) is 0 Å². The minimum atomic E-state index is -1.02. The molecule has 0 radical (unpaired) electrons. The number of anilines is 1. The van der Waals surface area contributed by atoms with Crippen LogP contribution in [0.4, 0.5) is 10.5 Å². The Kier molecular flexibility index (Phi) is 6.76. The van der Waals surface area contributed by atoms with Gasteiger partial charge in [0.1, 0.15) is 17.9 Å². The van der Waals surface area contributed by atoms with E-state index in [1.54, 1.807) is 42.5 Å². The zero-order valence-electron chi connectivity index (χ0n) is 19.7. The van der Waals surface area contributed by atoms with Crippen LogP contribution in [0.1, 0.15) is 21.5 Å². The molecule has 4 aromatic carbocycles. The number of benzene rings is 4. The summed E-state index contributed by atoms with van der Waals surface area (Å²) < 4.78 is 6.84. The van der Waals surface area contributed by atoms with E-state index in [9.17, 15) is 19.2 Å². The van der Waals surface area contributed by atoms with E-state index in [0.29, 0.717) is 17.0 Å². The van der Waals surface area contributed by atoms with Crippen molar-refractivity contribution in [2.45, 2.75) is 6.61 Å². The van der Waals surface area contributed by atoms with Gasteiger partial charge >= 0.3 is 12.0 Å². The maximum atomic E-state index is 13.4. The highest BCUT2D eigenvalue weighted by atomic mass is 79.9. The summed E-state index contributed by atoms with van der Waals surface area (Å²) in [5.74, 6) is -2.18. The number of aromatic carboxylic acids is 1. The lowest BCUT2D eigenvalue weighted by Crippen LogP contribution is -2.54. The predicted molar refractivity (Wildman–Crippen MR) is 145 cm³/mol.